The van der Waals surface area contributed by atoms with E-state index in [1.807, 2.05) is 38.1 Å². The molecule has 1 amide bonds. The Morgan fingerprint density at radius 2 is 1.73 bits per heavy atom. The molecule has 2 heterocycles. The van der Waals surface area contributed by atoms with Crippen molar-refractivity contribution in [1.29, 1.82) is 0 Å². The molecule has 0 bridgehead atoms. The van der Waals surface area contributed by atoms with Crippen molar-refractivity contribution >= 4 is 23.1 Å². The van der Waals surface area contributed by atoms with Gasteiger partial charge in [0.25, 0.3) is 11.7 Å². The van der Waals surface area contributed by atoms with Crippen molar-refractivity contribution in [2.45, 2.75) is 32.7 Å². The molecule has 0 radical (unpaired) electrons. The number of benzene rings is 2. The number of pyridine rings is 1. The third kappa shape index (κ3) is 4.37. The predicted octanol–water partition coefficient (Wildman–Crippen LogP) is 5.06. The Kier molecular flexibility index (Phi) is 6.54. The molecular formula is C27H26N2O4. The molecule has 6 heteroatoms. The van der Waals surface area contributed by atoms with Gasteiger partial charge in [-0.1, -0.05) is 32.0 Å². The Hall–Kier alpha value is -3.93. The molecule has 1 saturated heterocycles. The van der Waals surface area contributed by atoms with E-state index in [4.69, 9.17) is 4.74 Å². The molecule has 1 N–H and O–H groups in total. The van der Waals surface area contributed by atoms with E-state index in [0.717, 1.165) is 18.4 Å². The minimum atomic E-state index is -0.838. The van der Waals surface area contributed by atoms with Crippen LogP contribution in [0.1, 0.15) is 43.1 Å². The zero-order valence-corrected chi connectivity index (χ0v) is 18.7. The maximum absolute atomic E-state index is 13.2. The Morgan fingerprint density at radius 1 is 1.00 bits per heavy atom. The van der Waals surface area contributed by atoms with Crippen LogP contribution in [-0.2, 0) is 16.0 Å². The number of rotatable bonds is 7. The number of aliphatic hydroxyl groups excluding tert-OH is 1. The minimum Gasteiger partial charge on any atom is -0.507 e. The van der Waals surface area contributed by atoms with Crippen LogP contribution in [0, 0.1) is 0 Å². The Morgan fingerprint density at radius 3 is 2.33 bits per heavy atom. The number of anilines is 1. The first-order valence-electron chi connectivity index (χ1n) is 11.1. The van der Waals surface area contributed by atoms with Crippen LogP contribution in [0.5, 0.6) is 5.75 Å². The van der Waals surface area contributed by atoms with E-state index in [0.29, 0.717) is 29.3 Å². The fraction of sp³-hybridized carbons (Fsp3) is 0.222. The summed E-state index contributed by atoms with van der Waals surface area (Å²) in [5.41, 5.74) is 2.64. The van der Waals surface area contributed by atoms with Crippen LogP contribution in [0.2, 0.25) is 0 Å². The lowest BCUT2D eigenvalue weighted by Gasteiger charge is -2.24. The minimum absolute atomic E-state index is 0.0143. The van der Waals surface area contributed by atoms with Gasteiger partial charge in [0.2, 0.25) is 0 Å². The molecule has 0 spiro atoms. The van der Waals surface area contributed by atoms with Crippen LogP contribution in [0.3, 0.4) is 0 Å². The molecule has 0 aliphatic carbocycles. The number of aliphatic hydroxyl groups is 1. The first-order valence-corrected chi connectivity index (χ1v) is 11.1. The number of aromatic nitrogens is 1. The number of Topliss-reactive ketones (excluding diaryl/α,β-unsaturated/α-hetero) is 1. The molecule has 33 heavy (non-hydrogen) atoms. The molecule has 1 atom stereocenters. The highest BCUT2D eigenvalue weighted by molar-refractivity contribution is 6.51. The van der Waals surface area contributed by atoms with Gasteiger partial charge in [-0.25, -0.2) is 0 Å². The number of aryl methyl sites for hydroxylation is 1. The van der Waals surface area contributed by atoms with Crippen molar-refractivity contribution in [3.8, 4) is 5.75 Å². The number of carbonyl (C=O) groups is 2. The van der Waals surface area contributed by atoms with Crippen molar-refractivity contribution in [3.63, 3.8) is 0 Å². The molecule has 1 fully saturated rings. The highest BCUT2D eigenvalue weighted by atomic mass is 16.5. The third-order valence-corrected chi connectivity index (χ3v) is 5.64. The molecule has 0 saturated carbocycles. The first kappa shape index (κ1) is 22.3. The zero-order chi connectivity index (χ0) is 23.4. The van der Waals surface area contributed by atoms with Gasteiger partial charge in [-0.15, -0.1) is 0 Å². The largest absolute Gasteiger partial charge is 0.507 e. The van der Waals surface area contributed by atoms with Crippen molar-refractivity contribution in [3.05, 3.63) is 95.3 Å². The zero-order valence-electron chi connectivity index (χ0n) is 18.7. The molecule has 3 aromatic rings. The van der Waals surface area contributed by atoms with Gasteiger partial charge in [0.05, 0.1) is 17.9 Å². The lowest BCUT2D eigenvalue weighted by molar-refractivity contribution is -0.132. The van der Waals surface area contributed by atoms with Crippen molar-refractivity contribution in [1.82, 2.24) is 4.98 Å². The predicted molar refractivity (Wildman–Crippen MR) is 127 cm³/mol. The van der Waals surface area contributed by atoms with E-state index in [1.165, 1.54) is 4.90 Å². The van der Waals surface area contributed by atoms with Gasteiger partial charge in [0, 0.05) is 17.4 Å². The molecule has 1 aromatic heterocycles. The molecule has 1 aliphatic rings. The summed E-state index contributed by atoms with van der Waals surface area (Å²) in [6.45, 7) is 4.66. The average molecular weight is 443 g/mol. The molecule has 1 unspecified atom stereocenters. The maximum atomic E-state index is 13.2. The Balaban J connectivity index is 1.81. The quantitative estimate of drug-likeness (QED) is 0.314. The second-order valence-electron chi connectivity index (χ2n) is 7.82. The van der Waals surface area contributed by atoms with Gasteiger partial charge in [-0.2, -0.15) is 0 Å². The highest BCUT2D eigenvalue weighted by Crippen LogP contribution is 2.41. The topological polar surface area (TPSA) is 79.7 Å². The number of amides is 1. The monoisotopic (exact) mass is 442 g/mol. The second-order valence-corrected chi connectivity index (χ2v) is 7.82. The highest BCUT2D eigenvalue weighted by Gasteiger charge is 2.47. The summed E-state index contributed by atoms with van der Waals surface area (Å²) in [4.78, 5) is 32.1. The lowest BCUT2D eigenvalue weighted by Crippen LogP contribution is -2.29. The van der Waals surface area contributed by atoms with E-state index in [2.05, 4.69) is 4.98 Å². The number of ether oxygens (including phenoxy) is 1. The second kappa shape index (κ2) is 9.69. The smallest absolute Gasteiger partial charge is 0.300 e. The normalized spacial score (nSPS) is 17.4. The number of carbonyl (C=O) groups excluding carboxylic acids is 2. The third-order valence-electron chi connectivity index (χ3n) is 5.64. The van der Waals surface area contributed by atoms with Gasteiger partial charge < -0.3 is 9.84 Å². The van der Waals surface area contributed by atoms with E-state index in [-0.39, 0.29) is 11.3 Å². The summed E-state index contributed by atoms with van der Waals surface area (Å²) in [7, 11) is 0. The molecule has 4 rings (SSSR count). The first-order chi connectivity index (χ1) is 16.0. The summed E-state index contributed by atoms with van der Waals surface area (Å²) in [5.74, 6) is -1.00. The summed E-state index contributed by atoms with van der Waals surface area (Å²) in [6.07, 6.45) is 3.35. The van der Waals surface area contributed by atoms with Crippen LogP contribution in [0.25, 0.3) is 5.76 Å². The maximum Gasteiger partial charge on any atom is 0.300 e. The summed E-state index contributed by atoms with van der Waals surface area (Å²) < 4.78 is 5.60. The fourth-order valence-corrected chi connectivity index (χ4v) is 3.89. The van der Waals surface area contributed by atoms with Crippen LogP contribution in [0.4, 0.5) is 5.69 Å². The molecule has 6 nitrogen and oxygen atoms in total. The Bertz CT molecular complexity index is 1170. The van der Waals surface area contributed by atoms with Gasteiger partial charge >= 0.3 is 0 Å². The summed E-state index contributed by atoms with van der Waals surface area (Å²) in [6, 6.07) is 18.8. The number of ketones is 1. The van der Waals surface area contributed by atoms with Gasteiger partial charge in [0.1, 0.15) is 17.6 Å². The standard InChI is InChI=1S/C27H26N2O4/c1-3-17-33-21-14-10-19(11-15-21)25(30)23-24(22-7-5-6-16-28-22)29(27(32)26(23)31)20-12-8-18(4-2)9-13-20/h5-16,24,30H,3-4,17H2,1-2H3/b25-23-. The van der Waals surface area contributed by atoms with Crippen LogP contribution in [-0.4, -0.2) is 28.4 Å². The van der Waals surface area contributed by atoms with E-state index in [9.17, 15) is 14.7 Å². The van der Waals surface area contributed by atoms with E-state index in [1.54, 1.807) is 48.7 Å². The molecule has 1 aliphatic heterocycles. The van der Waals surface area contributed by atoms with Crippen molar-refractivity contribution in [2.75, 3.05) is 11.5 Å². The molecule has 168 valence electrons. The van der Waals surface area contributed by atoms with Crippen LogP contribution < -0.4 is 9.64 Å². The van der Waals surface area contributed by atoms with Gasteiger partial charge in [-0.3, -0.25) is 19.5 Å². The van der Waals surface area contributed by atoms with Crippen molar-refractivity contribution in [2.24, 2.45) is 0 Å². The number of nitrogens with zero attached hydrogens (tertiary/aromatic N) is 2. The SMILES string of the molecule is CCCOc1ccc(/C(O)=C2/C(=O)C(=O)N(c3ccc(CC)cc3)C2c2ccccn2)cc1. The lowest BCUT2D eigenvalue weighted by atomic mass is 9.98. The Labute approximate surface area is 193 Å². The van der Waals surface area contributed by atoms with Crippen LogP contribution >= 0.6 is 0 Å². The number of hydrogen-bond donors (Lipinski definition) is 1. The average Bonchev–Trinajstić information content (AvgIpc) is 3.13. The van der Waals surface area contributed by atoms with E-state index >= 15 is 0 Å². The summed E-state index contributed by atoms with van der Waals surface area (Å²) >= 11 is 0. The fourth-order valence-electron chi connectivity index (χ4n) is 3.89. The number of hydrogen-bond acceptors (Lipinski definition) is 5. The van der Waals surface area contributed by atoms with E-state index < -0.39 is 17.7 Å². The van der Waals surface area contributed by atoms with Gasteiger partial charge in [0.15, 0.2) is 0 Å². The van der Waals surface area contributed by atoms with Crippen molar-refractivity contribution < 1.29 is 19.4 Å². The van der Waals surface area contributed by atoms with Crippen LogP contribution in [0.15, 0.2) is 78.5 Å². The molecule has 2 aromatic carbocycles. The van der Waals surface area contributed by atoms with Gasteiger partial charge in [-0.05, 0) is 66.9 Å². The molecular weight excluding hydrogens is 416 g/mol. The summed E-state index contributed by atoms with van der Waals surface area (Å²) in [5, 5.41) is 11.2.